The van der Waals surface area contributed by atoms with Crippen LogP contribution in [0.1, 0.15) is 5.69 Å². The summed E-state index contributed by atoms with van der Waals surface area (Å²) in [5.74, 6) is 0. The zero-order valence-corrected chi connectivity index (χ0v) is 11.8. The zero-order chi connectivity index (χ0) is 14.1. The lowest BCUT2D eigenvalue weighted by atomic mass is 9.98. The van der Waals surface area contributed by atoms with Crippen molar-refractivity contribution in [3.8, 4) is 0 Å². The third-order valence-electron chi connectivity index (χ3n) is 3.84. The standard InChI is InChI=1S/C12H19N3O5/c1-16-10-9-8(20-12(18-3)11(10)17-2)5-15-7(6-19-9)4-13-14-15/h4,8-12H,5-6H2,1-3H3/t8-,9-,10+,11-,12+/m1/s1. The molecule has 20 heavy (non-hydrogen) atoms. The molecular weight excluding hydrogens is 266 g/mol. The monoisotopic (exact) mass is 285 g/mol. The first kappa shape index (κ1) is 13.9. The smallest absolute Gasteiger partial charge is 0.186 e. The maximum Gasteiger partial charge on any atom is 0.186 e. The fourth-order valence-corrected chi connectivity index (χ4v) is 2.83. The highest BCUT2D eigenvalue weighted by Crippen LogP contribution is 2.30. The van der Waals surface area contributed by atoms with Gasteiger partial charge in [0, 0.05) is 21.3 Å². The van der Waals surface area contributed by atoms with Crippen LogP contribution in [0, 0.1) is 0 Å². The van der Waals surface area contributed by atoms with Crippen LogP contribution in [0.2, 0.25) is 0 Å². The summed E-state index contributed by atoms with van der Waals surface area (Å²) in [6, 6.07) is 0. The van der Waals surface area contributed by atoms with Crippen LogP contribution in [0.4, 0.5) is 0 Å². The molecule has 1 aromatic heterocycles. The van der Waals surface area contributed by atoms with Gasteiger partial charge in [0.15, 0.2) is 6.29 Å². The quantitative estimate of drug-likeness (QED) is 0.746. The first-order valence-electron chi connectivity index (χ1n) is 6.51. The molecule has 112 valence electrons. The predicted octanol–water partition coefficient (Wildman–Crippen LogP) is -0.422. The topological polar surface area (TPSA) is 76.9 Å². The number of hydrogen-bond acceptors (Lipinski definition) is 7. The van der Waals surface area contributed by atoms with E-state index in [0.717, 1.165) is 5.69 Å². The molecule has 5 atom stereocenters. The van der Waals surface area contributed by atoms with Gasteiger partial charge < -0.3 is 23.7 Å². The summed E-state index contributed by atoms with van der Waals surface area (Å²) in [6.07, 6.45) is 0.133. The van der Waals surface area contributed by atoms with Gasteiger partial charge in [-0.2, -0.15) is 0 Å². The van der Waals surface area contributed by atoms with Crippen LogP contribution < -0.4 is 0 Å². The number of nitrogens with zero attached hydrogens (tertiary/aromatic N) is 3. The molecule has 0 spiro atoms. The van der Waals surface area contributed by atoms with Crippen LogP contribution in [-0.2, 0) is 36.8 Å². The first-order chi connectivity index (χ1) is 9.78. The lowest BCUT2D eigenvalue weighted by Gasteiger charge is -2.43. The van der Waals surface area contributed by atoms with E-state index in [1.165, 1.54) is 0 Å². The van der Waals surface area contributed by atoms with Crippen molar-refractivity contribution in [2.45, 2.75) is 43.9 Å². The molecule has 2 aliphatic heterocycles. The van der Waals surface area contributed by atoms with Crippen molar-refractivity contribution in [3.63, 3.8) is 0 Å². The van der Waals surface area contributed by atoms with Crippen molar-refractivity contribution in [1.29, 1.82) is 0 Å². The predicted molar refractivity (Wildman–Crippen MR) is 65.9 cm³/mol. The van der Waals surface area contributed by atoms with Crippen molar-refractivity contribution in [1.82, 2.24) is 15.0 Å². The zero-order valence-electron chi connectivity index (χ0n) is 11.8. The Labute approximate surface area is 116 Å². The van der Waals surface area contributed by atoms with Crippen LogP contribution in [0.25, 0.3) is 0 Å². The third-order valence-corrected chi connectivity index (χ3v) is 3.84. The fourth-order valence-electron chi connectivity index (χ4n) is 2.83. The van der Waals surface area contributed by atoms with E-state index in [1.54, 1.807) is 32.2 Å². The molecule has 0 aliphatic carbocycles. The average molecular weight is 285 g/mol. The Morgan fingerprint density at radius 3 is 2.70 bits per heavy atom. The van der Waals surface area contributed by atoms with Gasteiger partial charge in [0.1, 0.15) is 24.4 Å². The molecule has 0 unspecified atom stereocenters. The van der Waals surface area contributed by atoms with E-state index in [4.69, 9.17) is 23.7 Å². The molecule has 0 radical (unpaired) electrons. The molecule has 8 nitrogen and oxygen atoms in total. The van der Waals surface area contributed by atoms with Gasteiger partial charge in [0.25, 0.3) is 0 Å². The van der Waals surface area contributed by atoms with E-state index < -0.39 is 6.29 Å². The van der Waals surface area contributed by atoms with E-state index in [-0.39, 0.29) is 24.4 Å². The van der Waals surface area contributed by atoms with Crippen molar-refractivity contribution in [2.75, 3.05) is 21.3 Å². The van der Waals surface area contributed by atoms with E-state index in [9.17, 15) is 0 Å². The second-order valence-electron chi connectivity index (χ2n) is 4.86. The number of hydrogen-bond donors (Lipinski definition) is 0. The molecule has 3 heterocycles. The lowest BCUT2D eigenvalue weighted by molar-refractivity contribution is -0.306. The van der Waals surface area contributed by atoms with Gasteiger partial charge in [-0.25, -0.2) is 4.68 Å². The molecule has 2 aliphatic rings. The van der Waals surface area contributed by atoms with Gasteiger partial charge in [0.2, 0.25) is 0 Å². The van der Waals surface area contributed by atoms with Gasteiger partial charge in [-0.1, -0.05) is 5.21 Å². The molecule has 3 rings (SSSR count). The maximum atomic E-state index is 5.94. The maximum absolute atomic E-state index is 5.94. The van der Waals surface area contributed by atoms with E-state index in [1.807, 2.05) is 0 Å². The van der Waals surface area contributed by atoms with Crippen molar-refractivity contribution in [3.05, 3.63) is 11.9 Å². The highest BCUT2D eigenvalue weighted by atomic mass is 16.7. The van der Waals surface area contributed by atoms with E-state index in [0.29, 0.717) is 13.2 Å². The SMILES string of the molecule is CO[C@H]1O[C@@H]2Cn3nncc3CO[C@H]2[C@H](OC)[C@H]1OC. The largest absolute Gasteiger partial charge is 0.376 e. The minimum atomic E-state index is -0.500. The minimum Gasteiger partial charge on any atom is -0.376 e. The van der Waals surface area contributed by atoms with Gasteiger partial charge >= 0.3 is 0 Å². The number of ether oxygens (including phenoxy) is 5. The Kier molecular flexibility index (Phi) is 3.99. The summed E-state index contributed by atoms with van der Waals surface area (Å²) in [4.78, 5) is 0. The molecular formula is C12H19N3O5. The molecule has 8 heteroatoms. The van der Waals surface area contributed by atoms with Crippen LogP contribution in [0.3, 0.4) is 0 Å². The highest BCUT2D eigenvalue weighted by molar-refractivity contribution is 4.99. The van der Waals surface area contributed by atoms with Gasteiger partial charge in [0.05, 0.1) is 25.0 Å². The minimum absolute atomic E-state index is 0.223. The van der Waals surface area contributed by atoms with Crippen molar-refractivity contribution >= 4 is 0 Å². The number of methoxy groups -OCH3 is 3. The molecule has 1 aromatic rings. The van der Waals surface area contributed by atoms with Crippen LogP contribution in [-0.4, -0.2) is 67.0 Å². The second kappa shape index (κ2) is 5.74. The molecule has 1 saturated heterocycles. The second-order valence-corrected chi connectivity index (χ2v) is 4.86. The number of rotatable bonds is 3. The van der Waals surface area contributed by atoms with Gasteiger partial charge in [-0.05, 0) is 0 Å². The van der Waals surface area contributed by atoms with E-state index >= 15 is 0 Å². The Morgan fingerprint density at radius 1 is 1.20 bits per heavy atom. The highest BCUT2D eigenvalue weighted by Gasteiger charge is 2.48. The number of aromatic nitrogens is 3. The Bertz CT molecular complexity index is 454. The summed E-state index contributed by atoms with van der Waals surface area (Å²) in [5, 5.41) is 7.93. The van der Waals surface area contributed by atoms with Crippen LogP contribution in [0.15, 0.2) is 6.20 Å². The van der Waals surface area contributed by atoms with Gasteiger partial charge in [-0.15, -0.1) is 5.10 Å². The summed E-state index contributed by atoms with van der Waals surface area (Å²) in [5.41, 5.74) is 0.917. The Morgan fingerprint density at radius 2 is 2.00 bits per heavy atom. The normalized spacial score (nSPS) is 37.0. The Hall–Kier alpha value is -1.06. The summed E-state index contributed by atoms with van der Waals surface area (Å²) in [7, 11) is 4.83. The van der Waals surface area contributed by atoms with Crippen LogP contribution in [0.5, 0.6) is 0 Å². The third kappa shape index (κ3) is 2.23. The average Bonchev–Trinajstić information content (AvgIpc) is 2.84. The molecule has 1 fully saturated rings. The molecule has 0 bridgehead atoms. The number of fused-ring (bicyclic) bond motifs is 2. The molecule has 0 aromatic carbocycles. The summed E-state index contributed by atoms with van der Waals surface area (Å²) in [6.45, 7) is 0.974. The van der Waals surface area contributed by atoms with Gasteiger partial charge in [-0.3, -0.25) is 0 Å². The fraction of sp³-hybridized carbons (Fsp3) is 0.833. The van der Waals surface area contributed by atoms with Crippen LogP contribution >= 0.6 is 0 Å². The molecule has 0 saturated carbocycles. The summed E-state index contributed by atoms with van der Waals surface area (Å²) >= 11 is 0. The molecule has 0 amide bonds. The lowest BCUT2D eigenvalue weighted by Crippen LogP contribution is -2.60. The van der Waals surface area contributed by atoms with Crippen molar-refractivity contribution < 1.29 is 23.7 Å². The van der Waals surface area contributed by atoms with E-state index in [2.05, 4.69) is 10.3 Å². The van der Waals surface area contributed by atoms with Crippen molar-refractivity contribution in [2.24, 2.45) is 0 Å². The summed E-state index contributed by atoms with van der Waals surface area (Å²) < 4.78 is 30.0. The first-order valence-corrected chi connectivity index (χ1v) is 6.51. The Balaban J connectivity index is 1.87. The molecule has 0 N–H and O–H groups in total.